The van der Waals surface area contributed by atoms with Crippen LogP contribution in [0.15, 0.2) is 169 Å². The van der Waals surface area contributed by atoms with Crippen LogP contribution in [0.4, 0.5) is 11.4 Å². The van der Waals surface area contributed by atoms with Gasteiger partial charge in [0.2, 0.25) is 0 Å². The summed E-state index contributed by atoms with van der Waals surface area (Å²) in [6, 6.07) is 56.4. The van der Waals surface area contributed by atoms with E-state index >= 15 is 0 Å². The number of aliphatic imine (C=N–C) groups is 1. The molecule has 1 saturated heterocycles. The number of para-hydroxylation sites is 3. The molecule has 1 aromatic heterocycles. The van der Waals surface area contributed by atoms with Gasteiger partial charge in [0.1, 0.15) is 12.3 Å². The van der Waals surface area contributed by atoms with Crippen molar-refractivity contribution in [1.82, 2.24) is 19.9 Å². The second-order valence-corrected chi connectivity index (χ2v) is 13.4. The first-order valence-electron chi connectivity index (χ1n) is 17.5. The number of rotatable bonds is 6. The Hall–Kier alpha value is -6.21. The number of anilines is 2. The summed E-state index contributed by atoms with van der Waals surface area (Å²) in [4.78, 5) is 10.3. The number of aromatic nitrogens is 1. The van der Waals surface area contributed by atoms with Gasteiger partial charge in [-0.05, 0) is 41.0 Å². The topological polar surface area (TPSA) is 48.7 Å². The van der Waals surface area contributed by atoms with Gasteiger partial charge < -0.3 is 14.4 Å². The summed E-state index contributed by atoms with van der Waals surface area (Å²) in [5, 5.41) is 3.47. The van der Waals surface area contributed by atoms with E-state index in [9.17, 15) is 0 Å². The molecule has 6 nitrogen and oxygen atoms in total. The average Bonchev–Trinajstić information content (AvgIpc) is 3.94. The molecule has 6 heteroatoms. The van der Waals surface area contributed by atoms with Crippen LogP contribution in [0.3, 0.4) is 0 Å². The summed E-state index contributed by atoms with van der Waals surface area (Å²) in [6.07, 6.45) is 6.03. The minimum Gasteiger partial charge on any atom is -0.356 e. The van der Waals surface area contributed by atoms with Gasteiger partial charge in [0.05, 0.1) is 22.6 Å². The van der Waals surface area contributed by atoms with Crippen LogP contribution in [0.5, 0.6) is 0 Å². The molecular formula is C45H36N6. The average molecular weight is 661 g/mol. The molecule has 1 N–H and O–H groups in total. The monoisotopic (exact) mass is 660 g/mol. The molecule has 4 unspecified atom stereocenters. The zero-order valence-electron chi connectivity index (χ0n) is 28.2. The second-order valence-electron chi connectivity index (χ2n) is 13.4. The Balaban J connectivity index is 1.25. The molecule has 10 rings (SSSR count). The summed E-state index contributed by atoms with van der Waals surface area (Å²) in [7, 11) is 2.18. The van der Waals surface area contributed by atoms with E-state index in [0.717, 1.165) is 22.5 Å². The Morgan fingerprint density at radius 3 is 2.14 bits per heavy atom. The van der Waals surface area contributed by atoms with Gasteiger partial charge in [0.25, 0.3) is 0 Å². The first kappa shape index (κ1) is 29.7. The molecule has 246 valence electrons. The van der Waals surface area contributed by atoms with Crippen molar-refractivity contribution >= 4 is 34.6 Å². The number of hydrazine groups is 1. The van der Waals surface area contributed by atoms with E-state index in [0.29, 0.717) is 0 Å². The second kappa shape index (κ2) is 12.0. The highest BCUT2D eigenvalue weighted by Gasteiger charge is 2.44. The molecule has 3 aliphatic rings. The lowest BCUT2D eigenvalue weighted by atomic mass is 9.97. The predicted octanol–water partition coefficient (Wildman–Crippen LogP) is 10.1. The third-order valence-corrected chi connectivity index (χ3v) is 10.4. The smallest absolute Gasteiger partial charge is 0.197 e. The molecule has 51 heavy (non-hydrogen) atoms. The molecule has 0 bridgehead atoms. The SMILES string of the molecule is CN1C=Cc2ccccc2C1N1c2ccccc2-c2c(n(C(N=Cc3ccccc3)N3NC3c3ccccc3)c3ccccc23)-c2ccccc21. The van der Waals surface area contributed by atoms with Crippen LogP contribution in [0, 0.1) is 0 Å². The van der Waals surface area contributed by atoms with Gasteiger partial charge in [0, 0.05) is 47.1 Å². The highest BCUT2D eigenvalue weighted by atomic mass is 15.8. The van der Waals surface area contributed by atoms with Crippen molar-refractivity contribution in [2.45, 2.75) is 18.6 Å². The maximum absolute atomic E-state index is 5.41. The largest absolute Gasteiger partial charge is 0.356 e. The molecule has 0 radical (unpaired) electrons. The van der Waals surface area contributed by atoms with Gasteiger partial charge in [-0.2, -0.15) is 5.01 Å². The molecule has 0 amide bonds. The standard InChI is InChI=1S/C45H36N6/c1-48-29-28-32-18-8-9-21-34(32)44(48)49-38-25-13-10-22-35(38)41-36-23-11-14-26-39(36)50(42(41)37-24-12-15-27-40(37)49)45(46-30-31-16-4-2-5-17-31)51-43(47-51)33-19-6-3-7-20-33/h2-30,43-45,47H,1H3. The third-order valence-electron chi connectivity index (χ3n) is 10.4. The van der Waals surface area contributed by atoms with Crippen LogP contribution in [0.2, 0.25) is 0 Å². The first-order valence-corrected chi connectivity index (χ1v) is 17.5. The Morgan fingerprint density at radius 1 is 0.667 bits per heavy atom. The van der Waals surface area contributed by atoms with E-state index in [4.69, 9.17) is 4.99 Å². The maximum atomic E-state index is 5.41. The zero-order valence-corrected chi connectivity index (χ0v) is 28.2. The Bertz CT molecular complexity index is 2460. The van der Waals surface area contributed by atoms with Gasteiger partial charge in [-0.15, -0.1) is 0 Å². The lowest BCUT2D eigenvalue weighted by Gasteiger charge is -2.42. The van der Waals surface area contributed by atoms with Crippen LogP contribution < -0.4 is 10.3 Å². The van der Waals surface area contributed by atoms with Gasteiger partial charge in [-0.3, -0.25) is 4.99 Å². The maximum Gasteiger partial charge on any atom is 0.197 e. The lowest BCUT2D eigenvalue weighted by Crippen LogP contribution is -2.36. The van der Waals surface area contributed by atoms with Crippen molar-refractivity contribution in [3.8, 4) is 22.4 Å². The summed E-state index contributed by atoms with van der Waals surface area (Å²) < 4.78 is 2.46. The van der Waals surface area contributed by atoms with Crippen LogP contribution >= 0.6 is 0 Å². The van der Waals surface area contributed by atoms with Crippen molar-refractivity contribution in [2.24, 2.45) is 4.99 Å². The number of nitrogens with zero attached hydrogens (tertiary/aromatic N) is 5. The molecular weight excluding hydrogens is 625 g/mol. The van der Waals surface area contributed by atoms with Gasteiger partial charge in [0.15, 0.2) is 6.29 Å². The molecule has 0 saturated carbocycles. The fourth-order valence-corrected chi connectivity index (χ4v) is 8.06. The van der Waals surface area contributed by atoms with E-state index in [2.05, 4.69) is 196 Å². The number of hydrogen-bond donors (Lipinski definition) is 1. The minimum absolute atomic E-state index is 0.0323. The van der Waals surface area contributed by atoms with Gasteiger partial charge in [-0.25, -0.2) is 5.43 Å². The molecule has 6 aromatic carbocycles. The minimum atomic E-state index is -0.378. The van der Waals surface area contributed by atoms with E-state index in [1.54, 1.807) is 0 Å². The Morgan fingerprint density at radius 2 is 1.31 bits per heavy atom. The first-order chi connectivity index (χ1) is 25.3. The Kier molecular flexibility index (Phi) is 6.98. The molecule has 3 aliphatic heterocycles. The van der Waals surface area contributed by atoms with Crippen LogP contribution in [0.25, 0.3) is 39.4 Å². The normalized spacial score (nSPS) is 19.3. The van der Waals surface area contributed by atoms with E-state index in [1.807, 2.05) is 12.3 Å². The van der Waals surface area contributed by atoms with Crippen LogP contribution in [-0.4, -0.2) is 27.7 Å². The lowest BCUT2D eigenvalue weighted by molar-refractivity contribution is 0.284. The summed E-state index contributed by atoms with van der Waals surface area (Å²) in [6.45, 7) is 0. The number of fused-ring (bicyclic) bond motifs is 8. The fraction of sp³-hybridized carbons (Fsp3) is 0.0889. The van der Waals surface area contributed by atoms with Crippen molar-refractivity contribution in [3.05, 3.63) is 186 Å². The summed E-state index contributed by atoms with van der Waals surface area (Å²) >= 11 is 0. The number of benzene rings is 6. The van der Waals surface area contributed by atoms with Gasteiger partial charge in [-0.1, -0.05) is 140 Å². The van der Waals surface area contributed by atoms with Crippen LogP contribution in [0.1, 0.15) is 40.9 Å². The highest BCUT2D eigenvalue weighted by molar-refractivity contribution is 6.11. The van der Waals surface area contributed by atoms with E-state index in [-0.39, 0.29) is 18.6 Å². The molecule has 7 aromatic rings. The van der Waals surface area contributed by atoms with Crippen molar-refractivity contribution in [2.75, 3.05) is 11.9 Å². The number of hydrogen-bond acceptors (Lipinski definition) is 5. The zero-order chi connectivity index (χ0) is 33.9. The quantitative estimate of drug-likeness (QED) is 0.143. The van der Waals surface area contributed by atoms with Crippen molar-refractivity contribution in [1.29, 1.82) is 0 Å². The highest BCUT2D eigenvalue weighted by Crippen LogP contribution is 2.56. The molecule has 0 aliphatic carbocycles. The Labute approximate surface area is 297 Å². The summed E-state index contributed by atoms with van der Waals surface area (Å²) in [5.74, 6) is 0. The molecule has 1 fully saturated rings. The van der Waals surface area contributed by atoms with Crippen molar-refractivity contribution in [3.63, 3.8) is 0 Å². The third kappa shape index (κ3) is 4.83. The van der Waals surface area contributed by atoms with E-state index < -0.39 is 0 Å². The predicted molar refractivity (Wildman–Crippen MR) is 208 cm³/mol. The van der Waals surface area contributed by atoms with Crippen LogP contribution in [-0.2, 0) is 0 Å². The number of nitrogens with one attached hydrogen (secondary N) is 1. The van der Waals surface area contributed by atoms with Gasteiger partial charge >= 0.3 is 0 Å². The fourth-order valence-electron chi connectivity index (χ4n) is 8.06. The molecule has 4 heterocycles. The molecule has 0 spiro atoms. The summed E-state index contributed by atoms with van der Waals surface area (Å²) in [5.41, 5.74) is 16.7. The van der Waals surface area contributed by atoms with E-state index in [1.165, 1.54) is 44.5 Å². The molecule has 4 atom stereocenters. The van der Waals surface area contributed by atoms with Crippen molar-refractivity contribution < 1.29 is 0 Å².